The Balaban J connectivity index is 1.80. The van der Waals surface area contributed by atoms with Gasteiger partial charge in [-0.2, -0.15) is 0 Å². The van der Waals surface area contributed by atoms with Crippen molar-refractivity contribution < 1.29 is 31.9 Å². The van der Waals surface area contributed by atoms with E-state index in [1.54, 1.807) is 6.07 Å². The van der Waals surface area contributed by atoms with Crippen molar-refractivity contribution in [1.82, 2.24) is 5.32 Å². The molecule has 0 aromatic heterocycles. The fourth-order valence-electron chi connectivity index (χ4n) is 2.21. The van der Waals surface area contributed by atoms with Gasteiger partial charge in [-0.05, 0) is 36.2 Å². The van der Waals surface area contributed by atoms with Crippen molar-refractivity contribution in [1.29, 1.82) is 0 Å². The zero-order valence-corrected chi connectivity index (χ0v) is 14.2. The van der Waals surface area contributed by atoms with Crippen LogP contribution in [0.3, 0.4) is 0 Å². The van der Waals surface area contributed by atoms with Gasteiger partial charge >= 0.3 is 0 Å². The van der Waals surface area contributed by atoms with Gasteiger partial charge in [0.05, 0.1) is 19.3 Å². The molecule has 0 heterocycles. The topological polar surface area (TPSA) is 67.4 Å². The summed E-state index contributed by atoms with van der Waals surface area (Å²) in [5.41, 5.74) is 0.0265. The van der Waals surface area contributed by atoms with E-state index >= 15 is 0 Å². The summed E-state index contributed by atoms with van der Waals surface area (Å²) in [7, 11) is 1.34. The van der Waals surface area contributed by atoms with Crippen LogP contribution in [0.1, 0.15) is 12.0 Å². The van der Waals surface area contributed by atoms with Gasteiger partial charge in [-0.3, -0.25) is 9.59 Å². The minimum absolute atomic E-state index is 0.0153. The Morgan fingerprint density at radius 1 is 0.963 bits per heavy atom. The summed E-state index contributed by atoms with van der Waals surface area (Å²) in [5.74, 6) is -6.39. The lowest BCUT2D eigenvalue weighted by Crippen LogP contribution is -2.33. The summed E-state index contributed by atoms with van der Waals surface area (Å²) in [6.45, 7) is -0.492. The number of anilines is 1. The molecule has 0 fully saturated rings. The highest BCUT2D eigenvalue weighted by molar-refractivity contribution is 5.94. The third-order valence-electron chi connectivity index (χ3n) is 3.61. The smallest absolute Gasteiger partial charge is 0.243 e. The van der Waals surface area contributed by atoms with Gasteiger partial charge in [-0.1, -0.05) is 6.07 Å². The predicted octanol–water partition coefficient (Wildman–Crippen LogP) is 2.94. The van der Waals surface area contributed by atoms with Crippen LogP contribution in [0.25, 0.3) is 0 Å². The monoisotopic (exact) mass is 384 g/mol. The number of rotatable bonds is 7. The van der Waals surface area contributed by atoms with Crippen LogP contribution < -0.4 is 15.4 Å². The van der Waals surface area contributed by atoms with Crippen molar-refractivity contribution in [3.63, 3.8) is 0 Å². The average Bonchev–Trinajstić information content (AvgIpc) is 2.65. The molecule has 0 aliphatic carbocycles. The van der Waals surface area contributed by atoms with Gasteiger partial charge in [0.2, 0.25) is 11.8 Å². The Morgan fingerprint density at radius 3 is 2.37 bits per heavy atom. The third kappa shape index (κ3) is 5.44. The summed E-state index contributed by atoms with van der Waals surface area (Å²) in [5, 5.41) is 4.32. The second-order valence-electron chi connectivity index (χ2n) is 5.52. The molecule has 27 heavy (non-hydrogen) atoms. The van der Waals surface area contributed by atoms with Gasteiger partial charge in [-0.15, -0.1) is 0 Å². The molecule has 0 aliphatic rings. The normalized spacial score (nSPS) is 10.4. The molecule has 0 unspecified atom stereocenters. The molecule has 144 valence electrons. The highest BCUT2D eigenvalue weighted by atomic mass is 19.2. The number of ether oxygens (including phenoxy) is 1. The van der Waals surface area contributed by atoms with Crippen LogP contribution in [0.4, 0.5) is 23.2 Å². The molecule has 0 radical (unpaired) electrons. The van der Waals surface area contributed by atoms with Crippen molar-refractivity contribution in [2.24, 2.45) is 0 Å². The van der Waals surface area contributed by atoms with E-state index < -0.39 is 47.3 Å². The average molecular weight is 384 g/mol. The van der Waals surface area contributed by atoms with Crippen LogP contribution in [0, 0.1) is 23.3 Å². The molecule has 5 nitrogen and oxygen atoms in total. The quantitative estimate of drug-likeness (QED) is 0.570. The Labute approximate surface area is 152 Å². The van der Waals surface area contributed by atoms with E-state index in [0.29, 0.717) is 11.6 Å². The van der Waals surface area contributed by atoms with Gasteiger partial charge in [0.15, 0.2) is 29.0 Å². The van der Waals surface area contributed by atoms with Gasteiger partial charge in [0.1, 0.15) is 0 Å². The summed E-state index contributed by atoms with van der Waals surface area (Å²) in [4.78, 5) is 23.4. The number of nitrogens with one attached hydrogen (secondary N) is 2. The van der Waals surface area contributed by atoms with E-state index in [0.717, 1.165) is 6.07 Å². The van der Waals surface area contributed by atoms with Crippen molar-refractivity contribution in [3.05, 3.63) is 59.2 Å². The van der Waals surface area contributed by atoms with Gasteiger partial charge in [0.25, 0.3) is 0 Å². The lowest BCUT2D eigenvalue weighted by molar-refractivity contribution is -0.124. The Morgan fingerprint density at radius 2 is 1.70 bits per heavy atom. The molecule has 0 saturated carbocycles. The van der Waals surface area contributed by atoms with E-state index in [-0.39, 0.29) is 18.6 Å². The van der Waals surface area contributed by atoms with Crippen LogP contribution >= 0.6 is 0 Å². The highest BCUT2D eigenvalue weighted by Crippen LogP contribution is 2.20. The standard InChI is InChI=1S/C18H16F4N2O3/c1-27-14-6-2-10(8-12(14)20)3-7-15(25)23-9-16(26)24-13-5-4-11(19)17(21)18(13)22/h2,4-6,8H,3,7,9H2,1H3,(H,23,25)(H,24,26). The second-order valence-corrected chi connectivity index (χ2v) is 5.52. The first-order chi connectivity index (χ1) is 12.8. The summed E-state index contributed by atoms with van der Waals surface area (Å²) >= 11 is 0. The van der Waals surface area contributed by atoms with Crippen LogP contribution in [-0.4, -0.2) is 25.5 Å². The molecule has 2 rings (SSSR count). The molecule has 2 N–H and O–H groups in total. The molecular weight excluding hydrogens is 368 g/mol. The van der Waals surface area contributed by atoms with E-state index in [4.69, 9.17) is 4.74 Å². The van der Waals surface area contributed by atoms with Crippen molar-refractivity contribution in [2.45, 2.75) is 12.8 Å². The molecule has 0 aliphatic heterocycles. The molecule has 0 bridgehead atoms. The molecule has 0 spiro atoms. The number of methoxy groups -OCH3 is 1. The van der Waals surface area contributed by atoms with Crippen molar-refractivity contribution in [3.8, 4) is 5.75 Å². The number of aryl methyl sites for hydroxylation is 1. The maximum atomic E-state index is 13.6. The minimum atomic E-state index is -1.71. The number of carbonyl (C=O) groups excluding carboxylic acids is 2. The Hall–Kier alpha value is -3.10. The SMILES string of the molecule is COc1ccc(CCC(=O)NCC(=O)Nc2ccc(F)c(F)c2F)cc1F. The minimum Gasteiger partial charge on any atom is -0.494 e. The number of carbonyl (C=O) groups is 2. The zero-order chi connectivity index (χ0) is 20.0. The number of amides is 2. The largest absolute Gasteiger partial charge is 0.494 e. The van der Waals surface area contributed by atoms with E-state index in [1.807, 2.05) is 5.32 Å². The summed E-state index contributed by atoms with van der Waals surface area (Å²) < 4.78 is 57.7. The fourth-order valence-corrected chi connectivity index (χ4v) is 2.21. The molecule has 0 atom stereocenters. The van der Waals surface area contributed by atoms with Crippen LogP contribution in [0.5, 0.6) is 5.75 Å². The van der Waals surface area contributed by atoms with Gasteiger partial charge < -0.3 is 15.4 Å². The zero-order valence-electron chi connectivity index (χ0n) is 14.2. The predicted molar refractivity (Wildman–Crippen MR) is 89.2 cm³/mol. The first-order valence-corrected chi connectivity index (χ1v) is 7.84. The summed E-state index contributed by atoms with van der Waals surface area (Å²) in [6, 6.07) is 5.82. The third-order valence-corrected chi connectivity index (χ3v) is 3.61. The lowest BCUT2D eigenvalue weighted by Gasteiger charge is -2.09. The van der Waals surface area contributed by atoms with E-state index in [1.165, 1.54) is 19.2 Å². The molecule has 2 aromatic carbocycles. The highest BCUT2D eigenvalue weighted by Gasteiger charge is 2.15. The molecule has 2 aromatic rings. The second kappa shape index (κ2) is 9.02. The van der Waals surface area contributed by atoms with Crippen molar-refractivity contribution in [2.75, 3.05) is 19.0 Å². The number of benzene rings is 2. The Bertz CT molecular complexity index is 859. The maximum absolute atomic E-state index is 13.6. The van der Waals surface area contributed by atoms with Crippen LogP contribution in [0.2, 0.25) is 0 Å². The van der Waals surface area contributed by atoms with Gasteiger partial charge in [-0.25, -0.2) is 17.6 Å². The summed E-state index contributed by atoms with van der Waals surface area (Å²) in [6.07, 6.45) is 0.213. The molecule has 0 saturated heterocycles. The van der Waals surface area contributed by atoms with E-state index in [2.05, 4.69) is 5.32 Å². The number of hydrogen-bond donors (Lipinski definition) is 2. The van der Waals surface area contributed by atoms with Crippen LogP contribution in [-0.2, 0) is 16.0 Å². The van der Waals surface area contributed by atoms with E-state index in [9.17, 15) is 27.2 Å². The molecular formula is C18H16F4N2O3. The lowest BCUT2D eigenvalue weighted by atomic mass is 10.1. The number of hydrogen-bond acceptors (Lipinski definition) is 3. The molecule has 9 heteroatoms. The first kappa shape index (κ1) is 20.2. The fraction of sp³-hybridized carbons (Fsp3) is 0.222. The Kier molecular flexibility index (Phi) is 6.75. The number of halogens is 4. The first-order valence-electron chi connectivity index (χ1n) is 7.84. The molecule has 2 amide bonds. The van der Waals surface area contributed by atoms with Gasteiger partial charge in [0, 0.05) is 6.42 Å². The van der Waals surface area contributed by atoms with Crippen LogP contribution in [0.15, 0.2) is 30.3 Å². The van der Waals surface area contributed by atoms with Crippen molar-refractivity contribution >= 4 is 17.5 Å². The maximum Gasteiger partial charge on any atom is 0.243 e.